The molecule has 5 heteroatoms. The number of thioether (sulfide) groups is 1. The molecule has 0 saturated carbocycles. The number of benzene rings is 2. The molecule has 3 rings (SSSR count). The summed E-state index contributed by atoms with van der Waals surface area (Å²) in [4.78, 5) is 12.7. The molecule has 0 fully saturated rings. The smallest absolute Gasteiger partial charge is 0.243 e. The van der Waals surface area contributed by atoms with Gasteiger partial charge in [-0.3, -0.25) is 4.79 Å². The van der Waals surface area contributed by atoms with Crippen molar-refractivity contribution < 1.29 is 9.32 Å². The van der Waals surface area contributed by atoms with Gasteiger partial charge in [-0.1, -0.05) is 65.8 Å². The first-order valence-corrected chi connectivity index (χ1v) is 8.72. The van der Waals surface area contributed by atoms with E-state index in [-0.39, 0.29) is 11.2 Å². The number of nitrogens with zero attached hydrogens (tertiary/aromatic N) is 1. The van der Waals surface area contributed by atoms with Crippen molar-refractivity contribution in [1.29, 1.82) is 0 Å². The first-order chi connectivity index (χ1) is 11.7. The van der Waals surface area contributed by atoms with Gasteiger partial charge in [0.15, 0.2) is 5.82 Å². The lowest BCUT2D eigenvalue weighted by atomic mass is 10.1. The maximum Gasteiger partial charge on any atom is 0.243 e. The van der Waals surface area contributed by atoms with Gasteiger partial charge in [0.1, 0.15) is 11.0 Å². The monoisotopic (exact) mass is 338 g/mol. The van der Waals surface area contributed by atoms with E-state index in [2.05, 4.69) is 22.6 Å². The zero-order valence-corrected chi connectivity index (χ0v) is 14.1. The molecule has 0 radical (unpaired) electrons. The van der Waals surface area contributed by atoms with E-state index >= 15 is 0 Å². The molecule has 1 amide bonds. The highest BCUT2D eigenvalue weighted by Crippen LogP contribution is 2.32. The molecule has 0 aliphatic carbocycles. The van der Waals surface area contributed by atoms with E-state index in [9.17, 15) is 4.79 Å². The third-order valence-corrected chi connectivity index (χ3v) is 4.80. The van der Waals surface area contributed by atoms with Gasteiger partial charge in [0.2, 0.25) is 5.91 Å². The van der Waals surface area contributed by atoms with Crippen molar-refractivity contribution in [3.63, 3.8) is 0 Å². The maximum absolute atomic E-state index is 12.7. The zero-order valence-electron chi connectivity index (χ0n) is 13.3. The minimum Gasteiger partial charge on any atom is -0.360 e. The van der Waals surface area contributed by atoms with E-state index in [4.69, 9.17) is 4.52 Å². The number of aryl methyl sites for hydroxylation is 1. The third-order valence-electron chi connectivity index (χ3n) is 3.48. The maximum atomic E-state index is 12.7. The van der Waals surface area contributed by atoms with Crippen molar-refractivity contribution in [1.82, 2.24) is 5.16 Å². The normalized spacial score (nSPS) is 11.9. The third kappa shape index (κ3) is 4.26. The van der Waals surface area contributed by atoms with Crippen LogP contribution < -0.4 is 5.32 Å². The van der Waals surface area contributed by atoms with Crippen LogP contribution in [-0.4, -0.2) is 11.1 Å². The molecule has 0 saturated heterocycles. The van der Waals surface area contributed by atoms with Crippen LogP contribution in [0, 0.1) is 6.92 Å². The summed E-state index contributed by atoms with van der Waals surface area (Å²) in [5, 5.41) is 6.35. The van der Waals surface area contributed by atoms with Gasteiger partial charge < -0.3 is 9.84 Å². The Labute approximate surface area is 145 Å². The van der Waals surface area contributed by atoms with Crippen LogP contribution in [0.5, 0.6) is 0 Å². The number of carbonyl (C=O) groups is 1. The fourth-order valence-corrected chi connectivity index (χ4v) is 3.43. The Morgan fingerprint density at radius 3 is 2.42 bits per heavy atom. The molecule has 2 aromatic carbocycles. The SMILES string of the molecule is Cc1cc(NC(=O)[C@@H](SCc2ccccc2)c2ccccc2)no1. The molecule has 0 bridgehead atoms. The lowest BCUT2D eigenvalue weighted by Gasteiger charge is -2.16. The van der Waals surface area contributed by atoms with Gasteiger partial charge in [-0.15, -0.1) is 11.8 Å². The highest BCUT2D eigenvalue weighted by molar-refractivity contribution is 7.99. The second-order valence-corrected chi connectivity index (χ2v) is 6.49. The van der Waals surface area contributed by atoms with Gasteiger partial charge in [-0.05, 0) is 18.1 Å². The van der Waals surface area contributed by atoms with E-state index in [1.165, 1.54) is 5.56 Å². The van der Waals surface area contributed by atoms with Crippen LogP contribution >= 0.6 is 11.8 Å². The number of rotatable bonds is 6. The summed E-state index contributed by atoms with van der Waals surface area (Å²) in [5.74, 6) is 1.76. The van der Waals surface area contributed by atoms with Crippen molar-refractivity contribution in [3.05, 3.63) is 83.6 Å². The molecule has 1 N–H and O–H groups in total. The molecule has 24 heavy (non-hydrogen) atoms. The summed E-state index contributed by atoms with van der Waals surface area (Å²) in [6, 6.07) is 21.6. The molecule has 4 nitrogen and oxygen atoms in total. The van der Waals surface area contributed by atoms with Crippen LogP contribution in [0.4, 0.5) is 5.82 Å². The molecular formula is C19H18N2O2S. The van der Waals surface area contributed by atoms with Crippen molar-refractivity contribution in [2.45, 2.75) is 17.9 Å². The van der Waals surface area contributed by atoms with Crippen LogP contribution in [0.1, 0.15) is 22.1 Å². The Hall–Kier alpha value is -2.53. The average Bonchev–Trinajstić information content (AvgIpc) is 3.02. The number of amides is 1. The Morgan fingerprint density at radius 1 is 1.12 bits per heavy atom. The predicted molar refractivity (Wildman–Crippen MR) is 96.8 cm³/mol. The summed E-state index contributed by atoms with van der Waals surface area (Å²) in [6.07, 6.45) is 0. The van der Waals surface area contributed by atoms with Gasteiger partial charge in [0.05, 0.1) is 0 Å². The van der Waals surface area contributed by atoms with Crippen LogP contribution in [0.15, 0.2) is 71.3 Å². The van der Waals surface area contributed by atoms with Crippen LogP contribution in [-0.2, 0) is 10.5 Å². The summed E-state index contributed by atoms with van der Waals surface area (Å²) < 4.78 is 5.01. The number of carbonyl (C=O) groups excluding carboxylic acids is 1. The van der Waals surface area contributed by atoms with E-state index in [0.717, 1.165) is 11.3 Å². The molecule has 1 heterocycles. The molecular weight excluding hydrogens is 320 g/mol. The number of hydrogen-bond acceptors (Lipinski definition) is 4. The highest BCUT2D eigenvalue weighted by Gasteiger charge is 2.22. The number of anilines is 1. The van der Waals surface area contributed by atoms with Gasteiger partial charge in [0.25, 0.3) is 0 Å². The number of hydrogen-bond donors (Lipinski definition) is 1. The summed E-state index contributed by atoms with van der Waals surface area (Å²) in [5.41, 5.74) is 2.16. The molecule has 1 atom stereocenters. The molecule has 0 unspecified atom stereocenters. The van der Waals surface area contributed by atoms with Gasteiger partial charge >= 0.3 is 0 Å². The Bertz CT molecular complexity index is 787. The molecule has 122 valence electrons. The first-order valence-electron chi connectivity index (χ1n) is 7.67. The molecule has 0 aliphatic heterocycles. The van der Waals surface area contributed by atoms with Gasteiger partial charge in [-0.2, -0.15) is 0 Å². The highest BCUT2D eigenvalue weighted by atomic mass is 32.2. The standard InChI is InChI=1S/C19H18N2O2S/c1-14-12-17(21-23-14)20-19(22)18(16-10-6-3-7-11-16)24-13-15-8-4-2-5-9-15/h2-12,18H,13H2,1H3,(H,20,21,22)/t18-/m0/s1. The fraction of sp³-hybridized carbons (Fsp3) is 0.158. The molecule has 1 aromatic heterocycles. The average molecular weight is 338 g/mol. The van der Waals surface area contributed by atoms with E-state index in [1.54, 1.807) is 24.8 Å². The van der Waals surface area contributed by atoms with Crippen molar-refractivity contribution in [2.24, 2.45) is 0 Å². The fourth-order valence-electron chi connectivity index (χ4n) is 2.32. The van der Waals surface area contributed by atoms with Crippen LogP contribution in [0.25, 0.3) is 0 Å². The van der Waals surface area contributed by atoms with Crippen LogP contribution in [0.2, 0.25) is 0 Å². The number of aromatic nitrogens is 1. The predicted octanol–water partition coefficient (Wildman–Crippen LogP) is 4.60. The second-order valence-electron chi connectivity index (χ2n) is 5.40. The van der Waals surface area contributed by atoms with E-state index in [1.807, 2.05) is 48.5 Å². The van der Waals surface area contributed by atoms with Gasteiger partial charge in [0, 0.05) is 11.8 Å². The van der Waals surface area contributed by atoms with Crippen molar-refractivity contribution in [2.75, 3.05) is 5.32 Å². The Morgan fingerprint density at radius 2 is 1.79 bits per heavy atom. The summed E-state index contributed by atoms with van der Waals surface area (Å²) >= 11 is 1.59. The van der Waals surface area contributed by atoms with Crippen molar-refractivity contribution in [3.8, 4) is 0 Å². The summed E-state index contributed by atoms with van der Waals surface area (Å²) in [6.45, 7) is 1.79. The topological polar surface area (TPSA) is 55.1 Å². The quantitative estimate of drug-likeness (QED) is 0.714. The van der Waals surface area contributed by atoms with E-state index < -0.39 is 0 Å². The van der Waals surface area contributed by atoms with E-state index in [0.29, 0.717) is 11.6 Å². The second kappa shape index (κ2) is 7.84. The zero-order chi connectivity index (χ0) is 16.8. The summed E-state index contributed by atoms with van der Waals surface area (Å²) in [7, 11) is 0. The van der Waals surface area contributed by atoms with Gasteiger partial charge in [-0.25, -0.2) is 0 Å². The number of nitrogens with one attached hydrogen (secondary N) is 1. The Kier molecular flexibility index (Phi) is 5.33. The Balaban J connectivity index is 1.75. The van der Waals surface area contributed by atoms with Crippen molar-refractivity contribution >= 4 is 23.5 Å². The largest absolute Gasteiger partial charge is 0.360 e. The molecule has 3 aromatic rings. The minimum atomic E-state index is -0.316. The lowest BCUT2D eigenvalue weighted by Crippen LogP contribution is -2.19. The molecule has 0 aliphatic rings. The minimum absolute atomic E-state index is 0.101. The van der Waals surface area contributed by atoms with Crippen LogP contribution in [0.3, 0.4) is 0 Å². The first kappa shape index (κ1) is 16.3. The lowest BCUT2D eigenvalue weighted by molar-refractivity contribution is -0.115. The molecule has 0 spiro atoms.